The molecule has 0 unspecified atom stereocenters. The summed E-state index contributed by atoms with van der Waals surface area (Å²) in [6, 6.07) is 16.7. The second kappa shape index (κ2) is 6.17. The summed E-state index contributed by atoms with van der Waals surface area (Å²) in [5.74, 6) is 0.983. The molecule has 0 amide bonds. The first-order valence-corrected chi connectivity index (χ1v) is 8.76. The summed E-state index contributed by atoms with van der Waals surface area (Å²) in [4.78, 5) is 15.0. The van der Waals surface area contributed by atoms with Crippen molar-refractivity contribution in [1.82, 2.24) is 19.9 Å². The molecule has 132 valence electrons. The van der Waals surface area contributed by atoms with Crippen molar-refractivity contribution in [3.05, 3.63) is 78.2 Å². The summed E-state index contributed by atoms with van der Waals surface area (Å²) in [6.45, 7) is 0. The van der Waals surface area contributed by atoms with Gasteiger partial charge < -0.3 is 21.0 Å². The van der Waals surface area contributed by atoms with Crippen LogP contribution in [0.2, 0.25) is 0 Å². The molecule has 3 heterocycles. The molecule has 0 bridgehead atoms. The highest BCUT2D eigenvalue weighted by atomic mass is 15.1. The molecular formula is C21H18N6. The lowest BCUT2D eigenvalue weighted by Gasteiger charge is -2.12. The van der Waals surface area contributed by atoms with Crippen LogP contribution in [-0.2, 0) is 6.42 Å². The lowest BCUT2D eigenvalue weighted by Crippen LogP contribution is -2.04. The third kappa shape index (κ3) is 2.97. The van der Waals surface area contributed by atoms with Crippen LogP contribution in [0.5, 0.6) is 0 Å². The van der Waals surface area contributed by atoms with Crippen LogP contribution in [0, 0.1) is 0 Å². The molecule has 5 aromatic rings. The molecular weight excluding hydrogens is 336 g/mol. The fourth-order valence-electron chi connectivity index (χ4n) is 3.36. The Hall–Kier alpha value is -3.80. The molecule has 27 heavy (non-hydrogen) atoms. The smallest absolute Gasteiger partial charge is 0.221 e. The minimum Gasteiger partial charge on any atom is -0.368 e. The van der Waals surface area contributed by atoms with Crippen LogP contribution < -0.4 is 11.1 Å². The first-order valence-electron chi connectivity index (χ1n) is 8.76. The normalized spacial score (nSPS) is 11.3. The zero-order valence-electron chi connectivity index (χ0n) is 14.5. The number of nitrogens with one attached hydrogen (secondary N) is 3. The van der Waals surface area contributed by atoms with Crippen LogP contribution in [0.4, 0.5) is 17.5 Å². The van der Waals surface area contributed by atoms with E-state index in [0.717, 1.165) is 39.9 Å². The van der Waals surface area contributed by atoms with Gasteiger partial charge in [0.1, 0.15) is 5.82 Å². The lowest BCUT2D eigenvalue weighted by molar-refractivity contribution is 1.09. The highest BCUT2D eigenvalue weighted by Gasteiger charge is 2.09. The first-order chi connectivity index (χ1) is 13.2. The Bertz CT molecular complexity index is 1250. The molecule has 2 aromatic carbocycles. The average Bonchev–Trinajstić information content (AvgIpc) is 3.32. The maximum Gasteiger partial charge on any atom is 0.221 e. The Labute approximate surface area is 155 Å². The molecule has 0 saturated heterocycles. The number of anilines is 3. The molecule has 0 aliphatic rings. The van der Waals surface area contributed by atoms with Crippen molar-refractivity contribution in [1.29, 1.82) is 0 Å². The van der Waals surface area contributed by atoms with Crippen molar-refractivity contribution in [3.8, 4) is 0 Å². The van der Waals surface area contributed by atoms with Gasteiger partial charge >= 0.3 is 0 Å². The van der Waals surface area contributed by atoms with Crippen molar-refractivity contribution in [3.63, 3.8) is 0 Å². The first kappa shape index (κ1) is 15.5. The van der Waals surface area contributed by atoms with Crippen molar-refractivity contribution < 1.29 is 0 Å². The zero-order chi connectivity index (χ0) is 18.2. The van der Waals surface area contributed by atoms with E-state index in [1.54, 1.807) is 6.20 Å². The number of aromatic amines is 2. The molecule has 0 saturated carbocycles. The summed E-state index contributed by atoms with van der Waals surface area (Å²) >= 11 is 0. The predicted octanol–water partition coefficient (Wildman–Crippen LogP) is 4.36. The number of nitrogens with two attached hydrogens (primary N) is 1. The number of benzene rings is 2. The quantitative estimate of drug-likeness (QED) is 0.386. The largest absolute Gasteiger partial charge is 0.368 e. The summed E-state index contributed by atoms with van der Waals surface area (Å²) < 4.78 is 0. The van der Waals surface area contributed by atoms with E-state index in [4.69, 9.17) is 5.73 Å². The van der Waals surface area contributed by atoms with Gasteiger partial charge in [-0.05, 0) is 53.4 Å². The second-order valence-electron chi connectivity index (χ2n) is 6.58. The Morgan fingerprint density at radius 2 is 1.63 bits per heavy atom. The summed E-state index contributed by atoms with van der Waals surface area (Å²) in [5.41, 5.74) is 11.2. The SMILES string of the molecule is Nc1ncc(Cc2ccc3[nH]ccc3c2)c(Nc2ccc3[nH]ccc3c2)n1. The third-order valence-corrected chi connectivity index (χ3v) is 4.71. The molecule has 0 fully saturated rings. The van der Waals surface area contributed by atoms with E-state index in [1.165, 1.54) is 10.9 Å². The predicted molar refractivity (Wildman–Crippen MR) is 109 cm³/mol. The Morgan fingerprint density at radius 1 is 0.889 bits per heavy atom. The number of hydrogen-bond acceptors (Lipinski definition) is 4. The summed E-state index contributed by atoms with van der Waals surface area (Å²) in [7, 11) is 0. The number of rotatable bonds is 4. The van der Waals surface area contributed by atoms with E-state index in [-0.39, 0.29) is 5.95 Å². The van der Waals surface area contributed by atoms with Crippen LogP contribution in [0.1, 0.15) is 11.1 Å². The van der Waals surface area contributed by atoms with Gasteiger partial charge in [0.05, 0.1) is 0 Å². The Balaban J connectivity index is 1.48. The Morgan fingerprint density at radius 3 is 2.44 bits per heavy atom. The van der Waals surface area contributed by atoms with E-state index in [2.05, 4.69) is 55.6 Å². The molecule has 0 aliphatic heterocycles. The van der Waals surface area contributed by atoms with Gasteiger partial charge in [0.2, 0.25) is 5.95 Å². The van der Waals surface area contributed by atoms with Crippen LogP contribution >= 0.6 is 0 Å². The van der Waals surface area contributed by atoms with E-state index in [1.807, 2.05) is 30.6 Å². The molecule has 6 heteroatoms. The monoisotopic (exact) mass is 354 g/mol. The molecule has 5 N–H and O–H groups in total. The van der Waals surface area contributed by atoms with Gasteiger partial charge in [0.15, 0.2) is 0 Å². The van der Waals surface area contributed by atoms with Crippen LogP contribution in [0.15, 0.2) is 67.1 Å². The van der Waals surface area contributed by atoms with Crippen LogP contribution in [0.3, 0.4) is 0 Å². The van der Waals surface area contributed by atoms with Crippen molar-refractivity contribution in [2.45, 2.75) is 6.42 Å². The fraction of sp³-hybridized carbons (Fsp3) is 0.0476. The van der Waals surface area contributed by atoms with Crippen molar-refractivity contribution in [2.24, 2.45) is 0 Å². The molecule has 0 aliphatic carbocycles. The fourth-order valence-corrected chi connectivity index (χ4v) is 3.36. The second-order valence-corrected chi connectivity index (χ2v) is 6.58. The third-order valence-electron chi connectivity index (χ3n) is 4.71. The van der Waals surface area contributed by atoms with Crippen molar-refractivity contribution >= 4 is 39.3 Å². The molecule has 0 spiro atoms. The number of fused-ring (bicyclic) bond motifs is 2. The maximum absolute atomic E-state index is 5.84. The average molecular weight is 354 g/mol. The maximum atomic E-state index is 5.84. The highest BCUT2D eigenvalue weighted by Crippen LogP contribution is 2.25. The van der Waals surface area contributed by atoms with Gasteiger partial charge in [-0.25, -0.2) is 4.98 Å². The minimum atomic E-state index is 0.255. The number of hydrogen-bond donors (Lipinski definition) is 4. The van der Waals surface area contributed by atoms with Gasteiger partial charge in [-0.3, -0.25) is 0 Å². The van der Waals surface area contributed by atoms with E-state index >= 15 is 0 Å². The number of nitrogen functional groups attached to an aromatic ring is 1. The number of aromatic nitrogens is 4. The summed E-state index contributed by atoms with van der Waals surface area (Å²) in [5, 5.41) is 5.73. The van der Waals surface area contributed by atoms with Gasteiger partial charge in [-0.15, -0.1) is 0 Å². The highest BCUT2D eigenvalue weighted by molar-refractivity contribution is 5.84. The lowest BCUT2D eigenvalue weighted by atomic mass is 10.0. The van der Waals surface area contributed by atoms with Gasteiger partial charge in [-0.1, -0.05) is 6.07 Å². The number of H-pyrrole nitrogens is 2. The van der Waals surface area contributed by atoms with E-state index in [0.29, 0.717) is 0 Å². The molecule has 3 aromatic heterocycles. The van der Waals surface area contributed by atoms with Gasteiger partial charge in [0.25, 0.3) is 0 Å². The molecule has 0 radical (unpaired) electrons. The van der Waals surface area contributed by atoms with E-state index in [9.17, 15) is 0 Å². The summed E-state index contributed by atoms with van der Waals surface area (Å²) in [6.07, 6.45) is 6.39. The van der Waals surface area contributed by atoms with E-state index < -0.39 is 0 Å². The van der Waals surface area contributed by atoms with Gasteiger partial charge in [0, 0.05) is 52.7 Å². The minimum absolute atomic E-state index is 0.255. The molecule has 0 atom stereocenters. The molecule has 6 nitrogen and oxygen atoms in total. The van der Waals surface area contributed by atoms with Crippen LogP contribution in [0.25, 0.3) is 21.8 Å². The van der Waals surface area contributed by atoms with Crippen molar-refractivity contribution in [2.75, 3.05) is 11.1 Å². The topological polar surface area (TPSA) is 95.4 Å². The molecule has 5 rings (SSSR count). The zero-order valence-corrected chi connectivity index (χ0v) is 14.5. The van der Waals surface area contributed by atoms with Gasteiger partial charge in [-0.2, -0.15) is 4.98 Å². The van der Waals surface area contributed by atoms with Crippen LogP contribution in [-0.4, -0.2) is 19.9 Å². The number of nitrogens with zero attached hydrogens (tertiary/aromatic N) is 2. The standard InChI is InChI=1S/C21H18N6/c22-21-25-12-16(10-13-1-3-18-14(9-13)5-7-23-18)20(27-21)26-17-2-4-19-15(11-17)6-8-24-19/h1-9,11-12,23-24H,10H2,(H3,22,25,26,27). The Kier molecular flexibility index (Phi) is 3.53.